The Kier molecular flexibility index (Phi) is 4.24. The molecule has 1 aromatic heterocycles. The molecule has 3 rings (SSSR count). The first-order valence-corrected chi connectivity index (χ1v) is 7.71. The molecule has 0 saturated carbocycles. The van der Waals surface area contributed by atoms with Crippen LogP contribution in [0.5, 0.6) is 0 Å². The zero-order chi connectivity index (χ0) is 15.5. The maximum atomic E-state index is 11.6. The Bertz CT molecular complexity index is 679. The normalized spacial score (nSPS) is 18.6. The average molecular weight is 300 g/mol. The summed E-state index contributed by atoms with van der Waals surface area (Å²) in [5, 5.41) is 20.4. The Balaban J connectivity index is 2.15. The number of aliphatic hydroxyl groups excluding tert-OH is 1. The van der Waals surface area contributed by atoms with Gasteiger partial charge < -0.3 is 15.1 Å². The molecule has 0 aliphatic carbocycles. The van der Waals surface area contributed by atoms with Gasteiger partial charge in [0.25, 0.3) is 0 Å². The number of fused-ring (bicyclic) bond motifs is 1. The molecule has 1 saturated heterocycles. The molecule has 0 amide bonds. The standard InChI is InChI=1S/C17H20N2O3/c20-11-8-13-5-1-2-10-19(13)16-15-12(7-9-18-16)4-3-6-14(15)17(21)22/h3-4,6-7,9,13,20H,1-2,5,8,10-11H2,(H,21,22). The maximum absolute atomic E-state index is 11.6. The number of piperidine rings is 1. The molecule has 1 aromatic carbocycles. The molecular weight excluding hydrogens is 280 g/mol. The number of benzene rings is 1. The first kappa shape index (κ1) is 14.8. The van der Waals surface area contributed by atoms with E-state index in [1.54, 1.807) is 18.3 Å². The Labute approximate surface area is 129 Å². The molecule has 0 bridgehead atoms. The molecule has 1 atom stereocenters. The molecule has 1 fully saturated rings. The molecule has 2 heterocycles. The lowest BCUT2D eigenvalue weighted by molar-refractivity contribution is 0.0699. The summed E-state index contributed by atoms with van der Waals surface area (Å²) >= 11 is 0. The van der Waals surface area contributed by atoms with Crippen LogP contribution in [-0.2, 0) is 0 Å². The number of rotatable bonds is 4. The monoisotopic (exact) mass is 300 g/mol. The van der Waals surface area contributed by atoms with Crippen molar-refractivity contribution in [3.8, 4) is 0 Å². The van der Waals surface area contributed by atoms with Crippen molar-refractivity contribution >= 4 is 22.6 Å². The first-order valence-electron chi connectivity index (χ1n) is 7.71. The quantitative estimate of drug-likeness (QED) is 0.908. The highest BCUT2D eigenvalue weighted by atomic mass is 16.4. The number of aromatic nitrogens is 1. The highest BCUT2D eigenvalue weighted by molar-refractivity contribution is 6.08. The fourth-order valence-corrected chi connectivity index (χ4v) is 3.34. The van der Waals surface area contributed by atoms with Crippen molar-refractivity contribution in [1.29, 1.82) is 0 Å². The van der Waals surface area contributed by atoms with E-state index in [9.17, 15) is 15.0 Å². The maximum Gasteiger partial charge on any atom is 0.336 e. The molecule has 0 spiro atoms. The van der Waals surface area contributed by atoms with E-state index < -0.39 is 5.97 Å². The first-order chi connectivity index (χ1) is 10.7. The third-order valence-corrected chi connectivity index (χ3v) is 4.36. The van der Waals surface area contributed by atoms with Gasteiger partial charge in [-0.25, -0.2) is 9.78 Å². The molecule has 5 nitrogen and oxygen atoms in total. The lowest BCUT2D eigenvalue weighted by atomic mass is 9.97. The van der Waals surface area contributed by atoms with Gasteiger partial charge in [-0.2, -0.15) is 0 Å². The molecule has 1 aliphatic heterocycles. The van der Waals surface area contributed by atoms with Gasteiger partial charge in [0.1, 0.15) is 5.82 Å². The van der Waals surface area contributed by atoms with Crippen LogP contribution in [-0.4, -0.2) is 40.4 Å². The van der Waals surface area contributed by atoms with Gasteiger partial charge in [0.2, 0.25) is 0 Å². The Morgan fingerprint density at radius 1 is 1.32 bits per heavy atom. The number of aliphatic hydroxyl groups is 1. The summed E-state index contributed by atoms with van der Waals surface area (Å²) in [6, 6.07) is 7.37. The van der Waals surface area contributed by atoms with E-state index in [0.717, 1.165) is 37.0 Å². The SMILES string of the molecule is O=C(O)c1cccc2ccnc(N3CCCCC3CCO)c12. The van der Waals surface area contributed by atoms with Crippen LogP contribution in [0.15, 0.2) is 30.5 Å². The summed E-state index contributed by atoms with van der Waals surface area (Å²) in [5.41, 5.74) is 0.286. The highest BCUT2D eigenvalue weighted by Gasteiger charge is 2.26. The smallest absolute Gasteiger partial charge is 0.336 e. The minimum Gasteiger partial charge on any atom is -0.478 e. The zero-order valence-electron chi connectivity index (χ0n) is 12.4. The summed E-state index contributed by atoms with van der Waals surface area (Å²) in [5.74, 6) is -0.204. The number of nitrogens with zero attached hydrogens (tertiary/aromatic N) is 2. The fourth-order valence-electron chi connectivity index (χ4n) is 3.34. The van der Waals surface area contributed by atoms with E-state index in [-0.39, 0.29) is 18.2 Å². The van der Waals surface area contributed by atoms with Crippen LogP contribution in [0.3, 0.4) is 0 Å². The molecular formula is C17H20N2O3. The van der Waals surface area contributed by atoms with Gasteiger partial charge in [0, 0.05) is 30.8 Å². The summed E-state index contributed by atoms with van der Waals surface area (Å²) in [7, 11) is 0. The van der Waals surface area contributed by atoms with Crippen LogP contribution in [0.25, 0.3) is 10.8 Å². The van der Waals surface area contributed by atoms with Gasteiger partial charge in [-0.05, 0) is 43.2 Å². The van der Waals surface area contributed by atoms with Crippen molar-refractivity contribution < 1.29 is 15.0 Å². The number of hydrogen-bond acceptors (Lipinski definition) is 4. The van der Waals surface area contributed by atoms with Crippen molar-refractivity contribution in [2.75, 3.05) is 18.1 Å². The minimum atomic E-state index is -0.935. The van der Waals surface area contributed by atoms with Crippen molar-refractivity contribution in [1.82, 2.24) is 4.98 Å². The second kappa shape index (κ2) is 6.32. The van der Waals surface area contributed by atoms with Crippen LogP contribution in [0.2, 0.25) is 0 Å². The third kappa shape index (κ3) is 2.64. The molecule has 22 heavy (non-hydrogen) atoms. The van der Waals surface area contributed by atoms with Crippen LogP contribution < -0.4 is 4.90 Å². The number of carboxylic acid groups (broad SMARTS) is 1. The highest BCUT2D eigenvalue weighted by Crippen LogP contribution is 2.32. The number of carboxylic acids is 1. The zero-order valence-corrected chi connectivity index (χ0v) is 12.4. The average Bonchev–Trinajstić information content (AvgIpc) is 2.54. The van der Waals surface area contributed by atoms with Crippen LogP contribution in [0, 0.1) is 0 Å². The molecule has 5 heteroatoms. The second-order valence-electron chi connectivity index (χ2n) is 5.70. The van der Waals surface area contributed by atoms with Crippen LogP contribution in [0.1, 0.15) is 36.0 Å². The largest absolute Gasteiger partial charge is 0.478 e. The van der Waals surface area contributed by atoms with Crippen LogP contribution >= 0.6 is 0 Å². The fraction of sp³-hybridized carbons (Fsp3) is 0.412. The van der Waals surface area contributed by atoms with Gasteiger partial charge in [0.15, 0.2) is 0 Å². The van der Waals surface area contributed by atoms with E-state index in [4.69, 9.17) is 0 Å². The molecule has 1 unspecified atom stereocenters. The van der Waals surface area contributed by atoms with Crippen LogP contribution in [0.4, 0.5) is 5.82 Å². The molecule has 116 valence electrons. The summed E-state index contributed by atoms with van der Waals surface area (Å²) in [6.45, 7) is 0.989. The van der Waals surface area contributed by atoms with E-state index in [1.165, 1.54) is 0 Å². The summed E-state index contributed by atoms with van der Waals surface area (Å²) < 4.78 is 0. The Hall–Kier alpha value is -2.14. The van der Waals surface area contributed by atoms with Crippen molar-refractivity contribution in [2.45, 2.75) is 31.7 Å². The lowest BCUT2D eigenvalue weighted by Crippen LogP contribution is -2.40. The number of aromatic carboxylic acids is 1. The van der Waals surface area contributed by atoms with Gasteiger partial charge >= 0.3 is 5.97 Å². The summed E-state index contributed by atoms with van der Waals surface area (Å²) in [4.78, 5) is 18.2. The lowest BCUT2D eigenvalue weighted by Gasteiger charge is -2.37. The molecule has 0 radical (unpaired) electrons. The number of hydrogen-bond donors (Lipinski definition) is 2. The third-order valence-electron chi connectivity index (χ3n) is 4.36. The van der Waals surface area contributed by atoms with Gasteiger partial charge in [-0.15, -0.1) is 0 Å². The van der Waals surface area contributed by atoms with Gasteiger partial charge in [0.05, 0.1) is 5.56 Å². The predicted molar refractivity (Wildman–Crippen MR) is 85.4 cm³/mol. The van der Waals surface area contributed by atoms with E-state index >= 15 is 0 Å². The Morgan fingerprint density at radius 3 is 2.95 bits per heavy atom. The minimum absolute atomic E-state index is 0.137. The number of anilines is 1. The van der Waals surface area contributed by atoms with E-state index in [0.29, 0.717) is 11.8 Å². The van der Waals surface area contributed by atoms with Crippen molar-refractivity contribution in [3.63, 3.8) is 0 Å². The number of carbonyl (C=O) groups is 1. The summed E-state index contributed by atoms with van der Waals surface area (Å²) in [6.07, 6.45) is 5.63. The molecule has 2 N–H and O–H groups in total. The second-order valence-corrected chi connectivity index (χ2v) is 5.70. The predicted octanol–water partition coefficient (Wildman–Crippen LogP) is 2.67. The van der Waals surface area contributed by atoms with E-state index in [1.807, 2.05) is 12.1 Å². The van der Waals surface area contributed by atoms with Gasteiger partial charge in [-0.3, -0.25) is 0 Å². The van der Waals surface area contributed by atoms with E-state index in [2.05, 4.69) is 9.88 Å². The molecule has 1 aliphatic rings. The molecule has 2 aromatic rings. The topological polar surface area (TPSA) is 73.7 Å². The Morgan fingerprint density at radius 2 is 2.18 bits per heavy atom. The van der Waals surface area contributed by atoms with Gasteiger partial charge in [-0.1, -0.05) is 12.1 Å². The number of pyridine rings is 1. The van der Waals surface area contributed by atoms with Crippen molar-refractivity contribution in [3.05, 3.63) is 36.0 Å². The van der Waals surface area contributed by atoms with Crippen molar-refractivity contribution in [2.24, 2.45) is 0 Å².